The predicted molar refractivity (Wildman–Crippen MR) is 157 cm³/mol. The molecule has 0 radical (unpaired) electrons. The average molecular weight is 555 g/mol. The van der Waals surface area contributed by atoms with Gasteiger partial charge < -0.3 is 25.0 Å². The Kier molecular flexibility index (Phi) is 5.91. The average Bonchev–Trinajstić information content (AvgIpc) is 3.67. The second kappa shape index (κ2) is 9.42. The zero-order chi connectivity index (χ0) is 28.4. The first-order valence-electron chi connectivity index (χ1n) is 14.2. The number of piperazine rings is 1. The molecule has 11 nitrogen and oxygen atoms in total. The number of allylic oxidation sites excluding steroid dienone is 1. The first-order valence-corrected chi connectivity index (χ1v) is 14.2. The summed E-state index contributed by atoms with van der Waals surface area (Å²) in [7, 11) is 2.15. The van der Waals surface area contributed by atoms with E-state index in [4.69, 9.17) is 14.7 Å². The van der Waals surface area contributed by atoms with E-state index in [0.29, 0.717) is 40.7 Å². The summed E-state index contributed by atoms with van der Waals surface area (Å²) in [5, 5.41) is 15.3. The summed E-state index contributed by atoms with van der Waals surface area (Å²) in [5.74, 6) is 1.41. The molecule has 212 valence electrons. The number of fused-ring (bicyclic) bond motifs is 2. The van der Waals surface area contributed by atoms with Crippen molar-refractivity contribution in [3.8, 4) is 11.6 Å². The largest absolute Gasteiger partial charge is 0.482 e. The van der Waals surface area contributed by atoms with E-state index in [9.17, 15) is 9.90 Å². The Labute approximate surface area is 237 Å². The number of benzene rings is 1. The molecule has 1 aromatic carbocycles. The summed E-state index contributed by atoms with van der Waals surface area (Å²) in [6, 6.07) is 11.8. The van der Waals surface area contributed by atoms with Crippen LogP contribution in [0.1, 0.15) is 31.9 Å². The number of nitrogens with one attached hydrogen (secondary N) is 1. The van der Waals surface area contributed by atoms with E-state index >= 15 is 0 Å². The molecule has 2 N–H and O–H groups in total. The SMILES string of the molecule is C=CCn1c(=O)c2cnc(Nc3ccc(N4CCN(C)CC4)cc3)nc2n1-c1ccc2c(n1)C(O)(CC)C1(CC1)O2. The van der Waals surface area contributed by atoms with Gasteiger partial charge in [0.25, 0.3) is 5.56 Å². The molecular formula is C30H34N8O3. The van der Waals surface area contributed by atoms with Gasteiger partial charge in [-0.3, -0.25) is 4.79 Å². The monoisotopic (exact) mass is 554 g/mol. The van der Waals surface area contributed by atoms with E-state index in [2.05, 4.69) is 45.9 Å². The molecule has 4 aromatic rings. The van der Waals surface area contributed by atoms with Crippen LogP contribution >= 0.6 is 0 Å². The minimum absolute atomic E-state index is 0.244. The lowest BCUT2D eigenvalue weighted by Crippen LogP contribution is -2.44. The lowest BCUT2D eigenvalue weighted by atomic mass is 9.89. The summed E-state index contributed by atoms with van der Waals surface area (Å²) in [5.41, 5.74) is 0.917. The maximum atomic E-state index is 13.4. The number of likely N-dealkylation sites (N-methyl/N-ethyl adjacent to an activating group) is 1. The number of nitrogens with zero attached hydrogens (tertiary/aromatic N) is 7. The first-order chi connectivity index (χ1) is 19.9. The van der Waals surface area contributed by atoms with E-state index in [1.165, 1.54) is 10.4 Å². The van der Waals surface area contributed by atoms with Crippen molar-refractivity contribution in [3.05, 3.63) is 71.3 Å². The van der Waals surface area contributed by atoms with E-state index in [1.54, 1.807) is 23.0 Å². The third-order valence-electron chi connectivity index (χ3n) is 8.70. The molecule has 2 fully saturated rings. The zero-order valence-corrected chi connectivity index (χ0v) is 23.4. The standard InChI is InChI=1S/C30H34N8O3/c1-4-14-37-27(39)22-19-31-28(32-20-6-8-21(9-7-20)36-17-15-35(3)16-18-36)34-26(22)38(37)24-11-10-23-25(33-24)30(40,5-2)29(41-23)12-13-29/h4,6-11,19,40H,1,5,12-18H2,2-3H3,(H,31,32,34). The van der Waals surface area contributed by atoms with Crippen LogP contribution in [0.5, 0.6) is 5.75 Å². The molecule has 3 aliphatic rings. The van der Waals surface area contributed by atoms with Crippen molar-refractivity contribution in [3.63, 3.8) is 0 Å². The molecular weight excluding hydrogens is 520 g/mol. The van der Waals surface area contributed by atoms with Gasteiger partial charge in [0.05, 0.1) is 6.54 Å². The fourth-order valence-electron chi connectivity index (χ4n) is 6.12. The molecule has 1 aliphatic carbocycles. The van der Waals surface area contributed by atoms with Crippen molar-refractivity contribution in [2.45, 2.75) is 43.9 Å². The van der Waals surface area contributed by atoms with Gasteiger partial charge in [-0.15, -0.1) is 6.58 Å². The third-order valence-corrected chi connectivity index (χ3v) is 8.70. The second-order valence-corrected chi connectivity index (χ2v) is 11.2. The van der Waals surface area contributed by atoms with Crippen molar-refractivity contribution in [1.29, 1.82) is 0 Å². The van der Waals surface area contributed by atoms with Crippen LogP contribution in [0, 0.1) is 0 Å². The Morgan fingerprint density at radius 1 is 1.10 bits per heavy atom. The maximum absolute atomic E-state index is 13.4. The zero-order valence-electron chi connectivity index (χ0n) is 23.4. The smallest absolute Gasteiger partial charge is 0.278 e. The van der Waals surface area contributed by atoms with Gasteiger partial charge in [0.1, 0.15) is 28.0 Å². The van der Waals surface area contributed by atoms with Crippen molar-refractivity contribution in [2.75, 3.05) is 43.4 Å². The van der Waals surface area contributed by atoms with E-state index in [0.717, 1.165) is 44.7 Å². The molecule has 1 saturated carbocycles. The number of hydrogen-bond acceptors (Lipinski definition) is 9. The van der Waals surface area contributed by atoms with Crippen molar-refractivity contribution < 1.29 is 9.84 Å². The van der Waals surface area contributed by atoms with Crippen molar-refractivity contribution >= 4 is 28.4 Å². The molecule has 1 saturated heterocycles. The van der Waals surface area contributed by atoms with Crippen molar-refractivity contribution in [1.82, 2.24) is 29.2 Å². The Morgan fingerprint density at radius 2 is 1.85 bits per heavy atom. The molecule has 7 rings (SSSR count). The van der Waals surface area contributed by atoms with Crippen LogP contribution < -0.4 is 20.5 Å². The number of aliphatic hydroxyl groups is 1. The number of aromatic nitrogens is 5. The van der Waals surface area contributed by atoms with Gasteiger partial charge >= 0.3 is 0 Å². The number of rotatable bonds is 7. The lowest BCUT2D eigenvalue weighted by molar-refractivity contribution is -0.0615. The molecule has 0 amide bonds. The van der Waals surface area contributed by atoms with E-state index in [-0.39, 0.29) is 12.1 Å². The van der Waals surface area contributed by atoms with Gasteiger partial charge in [-0.1, -0.05) is 13.0 Å². The molecule has 5 heterocycles. The Balaban J connectivity index is 1.25. The van der Waals surface area contributed by atoms with Gasteiger partial charge in [-0.05, 0) is 62.7 Å². The predicted octanol–water partition coefficient (Wildman–Crippen LogP) is 3.18. The highest BCUT2D eigenvalue weighted by atomic mass is 16.5. The van der Waals surface area contributed by atoms with E-state index in [1.807, 2.05) is 25.1 Å². The quantitative estimate of drug-likeness (QED) is 0.333. The summed E-state index contributed by atoms with van der Waals surface area (Å²) in [6.45, 7) is 10.1. The van der Waals surface area contributed by atoms with Crippen molar-refractivity contribution in [2.24, 2.45) is 0 Å². The summed E-state index contributed by atoms with van der Waals surface area (Å²) in [4.78, 5) is 32.2. The molecule has 0 bridgehead atoms. The van der Waals surface area contributed by atoms with Crippen LogP contribution in [0.3, 0.4) is 0 Å². The minimum atomic E-state index is -1.18. The third kappa shape index (κ3) is 4.02. The molecule has 11 heteroatoms. The normalized spacial score (nSPS) is 21.2. The van der Waals surface area contributed by atoms with Gasteiger partial charge in [0, 0.05) is 43.8 Å². The Morgan fingerprint density at radius 3 is 2.54 bits per heavy atom. The van der Waals surface area contributed by atoms with Gasteiger partial charge in [0.15, 0.2) is 11.5 Å². The molecule has 41 heavy (non-hydrogen) atoms. The topological polar surface area (TPSA) is 114 Å². The van der Waals surface area contributed by atoms with Crippen LogP contribution in [-0.4, -0.2) is 73.1 Å². The Bertz CT molecular complexity index is 1700. The Hall–Kier alpha value is -4.22. The molecule has 3 aromatic heterocycles. The summed E-state index contributed by atoms with van der Waals surface area (Å²) >= 11 is 0. The van der Waals surface area contributed by atoms with Gasteiger partial charge in [-0.2, -0.15) is 4.98 Å². The minimum Gasteiger partial charge on any atom is -0.482 e. The summed E-state index contributed by atoms with van der Waals surface area (Å²) < 4.78 is 9.37. The van der Waals surface area contributed by atoms with Crippen LogP contribution in [-0.2, 0) is 12.1 Å². The highest BCUT2D eigenvalue weighted by molar-refractivity contribution is 5.77. The second-order valence-electron chi connectivity index (χ2n) is 11.2. The number of ether oxygens (including phenoxy) is 1. The maximum Gasteiger partial charge on any atom is 0.278 e. The van der Waals surface area contributed by atoms with E-state index < -0.39 is 11.2 Å². The lowest BCUT2D eigenvalue weighted by Gasteiger charge is -2.34. The fraction of sp³-hybridized carbons (Fsp3) is 0.400. The molecule has 1 atom stereocenters. The first kappa shape index (κ1) is 25.7. The highest BCUT2D eigenvalue weighted by Crippen LogP contribution is 2.60. The van der Waals surface area contributed by atoms with Gasteiger partial charge in [0.2, 0.25) is 5.95 Å². The highest BCUT2D eigenvalue weighted by Gasteiger charge is 2.67. The van der Waals surface area contributed by atoms with Crippen LogP contribution in [0.25, 0.3) is 16.9 Å². The molecule has 1 unspecified atom stereocenters. The van der Waals surface area contributed by atoms with Crippen LogP contribution in [0.4, 0.5) is 17.3 Å². The number of pyridine rings is 1. The molecule has 2 aliphatic heterocycles. The van der Waals surface area contributed by atoms with Crippen LogP contribution in [0.2, 0.25) is 0 Å². The number of anilines is 3. The van der Waals surface area contributed by atoms with Crippen LogP contribution in [0.15, 0.2) is 60.0 Å². The summed E-state index contributed by atoms with van der Waals surface area (Å²) in [6.07, 6.45) is 5.25. The van der Waals surface area contributed by atoms with Gasteiger partial charge in [-0.25, -0.2) is 19.3 Å². The number of hydrogen-bond donors (Lipinski definition) is 2. The fourth-order valence-corrected chi connectivity index (χ4v) is 6.12. The molecule has 1 spiro atoms.